The molecule has 0 fully saturated rings. The van der Waals surface area contributed by atoms with E-state index >= 15 is 0 Å². The molecule has 1 N–H and O–H groups in total. The van der Waals surface area contributed by atoms with E-state index in [4.69, 9.17) is 32.7 Å². The van der Waals surface area contributed by atoms with Gasteiger partial charge in [-0.15, -0.1) is 0 Å². The second kappa shape index (κ2) is 10.4. The Morgan fingerprint density at radius 1 is 1.18 bits per heavy atom. The lowest BCUT2D eigenvalue weighted by Gasteiger charge is -2.09. The quantitative estimate of drug-likeness (QED) is 0.406. The van der Waals surface area contributed by atoms with Gasteiger partial charge in [0.2, 0.25) is 0 Å². The molecule has 2 aromatic carbocycles. The van der Waals surface area contributed by atoms with Crippen LogP contribution in [0.4, 0.5) is 5.69 Å². The Labute approximate surface area is 172 Å². The highest BCUT2D eigenvalue weighted by Gasteiger charge is 2.13. The molecule has 0 unspecified atom stereocenters. The summed E-state index contributed by atoms with van der Waals surface area (Å²) < 4.78 is 10.2. The lowest BCUT2D eigenvalue weighted by molar-refractivity contribution is -0.145. The summed E-state index contributed by atoms with van der Waals surface area (Å²) in [7, 11) is 0. The molecule has 0 aromatic heterocycles. The number of hydrogen-bond acceptors (Lipinski definition) is 5. The molecule has 8 heteroatoms. The Kier molecular flexibility index (Phi) is 7.88. The van der Waals surface area contributed by atoms with Crippen LogP contribution >= 0.6 is 23.2 Å². The van der Waals surface area contributed by atoms with Crippen LogP contribution in [-0.2, 0) is 14.3 Å². The number of anilines is 1. The van der Waals surface area contributed by atoms with Crippen molar-refractivity contribution < 1.29 is 19.1 Å². The molecule has 6 nitrogen and oxygen atoms in total. The number of nitrogens with one attached hydrogen (secondary N) is 1. The molecule has 28 heavy (non-hydrogen) atoms. The van der Waals surface area contributed by atoms with Gasteiger partial charge in [-0.2, -0.15) is 5.26 Å². The third-order valence-corrected chi connectivity index (χ3v) is 4.15. The Hall–Kier alpha value is -3.01. The largest absolute Gasteiger partial charge is 0.481 e. The van der Waals surface area contributed by atoms with Crippen LogP contribution in [0, 0.1) is 11.3 Å². The van der Waals surface area contributed by atoms with Crippen molar-refractivity contribution in [3.05, 3.63) is 63.6 Å². The number of rotatable bonds is 7. The summed E-state index contributed by atoms with van der Waals surface area (Å²) in [5.74, 6) is -0.800. The number of halogens is 2. The van der Waals surface area contributed by atoms with E-state index in [0.717, 1.165) is 0 Å². The minimum Gasteiger partial charge on any atom is -0.481 e. The van der Waals surface area contributed by atoms with Crippen LogP contribution in [0.1, 0.15) is 12.5 Å². The molecule has 0 spiro atoms. The molecule has 0 aliphatic rings. The molecule has 2 rings (SSSR count). The van der Waals surface area contributed by atoms with E-state index in [0.29, 0.717) is 22.0 Å². The number of ether oxygens (including phenoxy) is 2. The number of nitriles is 1. The fourth-order valence-electron chi connectivity index (χ4n) is 2.15. The van der Waals surface area contributed by atoms with E-state index < -0.39 is 11.9 Å². The van der Waals surface area contributed by atoms with Crippen LogP contribution in [-0.4, -0.2) is 25.1 Å². The summed E-state index contributed by atoms with van der Waals surface area (Å²) in [4.78, 5) is 23.9. The average Bonchev–Trinajstić information content (AvgIpc) is 2.68. The van der Waals surface area contributed by atoms with E-state index in [2.05, 4.69) is 5.32 Å². The van der Waals surface area contributed by atoms with E-state index in [1.54, 1.807) is 37.3 Å². The summed E-state index contributed by atoms with van der Waals surface area (Å²) in [6, 6.07) is 13.1. The molecule has 0 saturated heterocycles. The number of esters is 1. The van der Waals surface area contributed by atoms with Gasteiger partial charge in [0.1, 0.15) is 17.4 Å². The topological polar surface area (TPSA) is 88.4 Å². The summed E-state index contributed by atoms with van der Waals surface area (Å²) >= 11 is 11.8. The first-order chi connectivity index (χ1) is 13.4. The standard InChI is InChI=1S/C20H16Cl2N2O4/c1-2-27-19(25)12-28-18-6-4-3-5-13(18)9-14(11-23)20(26)24-15-7-8-16(21)17(22)10-15/h3-10H,2,12H2,1H3,(H,24,26)/b14-9+. The molecular formula is C20H16Cl2N2O4. The van der Waals surface area contributed by atoms with Crippen molar-refractivity contribution in [2.75, 3.05) is 18.5 Å². The zero-order valence-electron chi connectivity index (χ0n) is 14.9. The highest BCUT2D eigenvalue weighted by atomic mass is 35.5. The van der Waals surface area contributed by atoms with Gasteiger partial charge in [-0.3, -0.25) is 4.79 Å². The minimum absolute atomic E-state index is 0.154. The number of hydrogen-bond donors (Lipinski definition) is 1. The number of para-hydroxylation sites is 1. The van der Waals surface area contributed by atoms with Gasteiger partial charge in [0.15, 0.2) is 6.61 Å². The van der Waals surface area contributed by atoms with E-state index in [1.165, 1.54) is 18.2 Å². The number of benzene rings is 2. The molecule has 0 radical (unpaired) electrons. The fraction of sp³-hybridized carbons (Fsp3) is 0.150. The summed E-state index contributed by atoms with van der Waals surface area (Å²) in [6.45, 7) is 1.66. The molecule has 0 bridgehead atoms. The highest BCUT2D eigenvalue weighted by Crippen LogP contribution is 2.26. The molecule has 2 aromatic rings. The van der Waals surface area contributed by atoms with Gasteiger partial charge in [0.05, 0.1) is 16.7 Å². The fourth-order valence-corrected chi connectivity index (χ4v) is 2.45. The van der Waals surface area contributed by atoms with Crippen molar-refractivity contribution in [3.63, 3.8) is 0 Å². The smallest absolute Gasteiger partial charge is 0.344 e. The van der Waals surface area contributed by atoms with Crippen LogP contribution in [0.25, 0.3) is 6.08 Å². The van der Waals surface area contributed by atoms with Crippen molar-refractivity contribution in [1.29, 1.82) is 5.26 Å². The summed E-state index contributed by atoms with van der Waals surface area (Å²) in [5, 5.41) is 12.6. The Balaban J connectivity index is 2.19. The van der Waals surface area contributed by atoms with Crippen LogP contribution in [0.3, 0.4) is 0 Å². The van der Waals surface area contributed by atoms with Crippen LogP contribution in [0.2, 0.25) is 10.0 Å². The normalized spacial score (nSPS) is 10.7. The maximum atomic E-state index is 12.4. The van der Waals surface area contributed by atoms with Crippen molar-refractivity contribution in [2.45, 2.75) is 6.92 Å². The van der Waals surface area contributed by atoms with Gasteiger partial charge >= 0.3 is 5.97 Å². The second-order valence-electron chi connectivity index (χ2n) is 5.38. The monoisotopic (exact) mass is 418 g/mol. The molecule has 1 amide bonds. The zero-order chi connectivity index (χ0) is 20.5. The first kappa shape index (κ1) is 21.3. The van der Waals surface area contributed by atoms with Crippen molar-refractivity contribution in [2.24, 2.45) is 0 Å². The molecule has 0 heterocycles. The third kappa shape index (κ3) is 6.02. The zero-order valence-corrected chi connectivity index (χ0v) is 16.4. The Bertz CT molecular complexity index is 951. The number of amides is 1. The summed E-state index contributed by atoms with van der Waals surface area (Å²) in [6.07, 6.45) is 1.37. The van der Waals surface area contributed by atoms with Gasteiger partial charge < -0.3 is 14.8 Å². The average molecular weight is 419 g/mol. The maximum Gasteiger partial charge on any atom is 0.344 e. The molecule has 0 saturated carbocycles. The molecular weight excluding hydrogens is 403 g/mol. The molecule has 0 aliphatic carbocycles. The van der Waals surface area contributed by atoms with Gasteiger partial charge in [0, 0.05) is 11.3 Å². The van der Waals surface area contributed by atoms with Crippen molar-refractivity contribution in [3.8, 4) is 11.8 Å². The SMILES string of the molecule is CCOC(=O)COc1ccccc1/C=C(\C#N)C(=O)Nc1ccc(Cl)c(Cl)c1. The minimum atomic E-state index is -0.624. The third-order valence-electron chi connectivity index (χ3n) is 3.41. The van der Waals surface area contributed by atoms with Crippen molar-refractivity contribution in [1.82, 2.24) is 0 Å². The van der Waals surface area contributed by atoms with E-state index in [9.17, 15) is 14.9 Å². The Morgan fingerprint density at radius 2 is 1.93 bits per heavy atom. The lowest BCUT2D eigenvalue weighted by atomic mass is 10.1. The number of nitrogens with zero attached hydrogens (tertiary/aromatic N) is 1. The predicted molar refractivity (Wildman–Crippen MR) is 107 cm³/mol. The van der Waals surface area contributed by atoms with Gasteiger partial charge in [-0.05, 0) is 37.3 Å². The van der Waals surface area contributed by atoms with E-state index in [1.807, 2.05) is 6.07 Å². The first-order valence-corrected chi connectivity index (χ1v) is 8.95. The number of carbonyl (C=O) groups is 2. The first-order valence-electron chi connectivity index (χ1n) is 8.20. The maximum absolute atomic E-state index is 12.4. The van der Waals surface area contributed by atoms with Gasteiger partial charge in [0.25, 0.3) is 5.91 Å². The molecule has 144 valence electrons. The summed E-state index contributed by atoms with van der Waals surface area (Å²) in [5.41, 5.74) is 0.707. The van der Waals surface area contributed by atoms with Gasteiger partial charge in [-0.1, -0.05) is 41.4 Å². The van der Waals surface area contributed by atoms with Gasteiger partial charge in [-0.25, -0.2) is 4.79 Å². The van der Waals surface area contributed by atoms with Crippen molar-refractivity contribution >= 4 is 46.8 Å². The Morgan fingerprint density at radius 3 is 2.61 bits per heavy atom. The lowest BCUT2D eigenvalue weighted by Crippen LogP contribution is -2.15. The van der Waals surface area contributed by atoms with E-state index in [-0.39, 0.29) is 23.8 Å². The molecule has 0 atom stereocenters. The van der Waals surface area contributed by atoms with Crippen LogP contribution in [0.15, 0.2) is 48.0 Å². The van der Waals surface area contributed by atoms with Crippen LogP contribution in [0.5, 0.6) is 5.75 Å². The predicted octanol–water partition coefficient (Wildman–Crippen LogP) is 4.48. The second-order valence-corrected chi connectivity index (χ2v) is 6.20. The van der Waals surface area contributed by atoms with Crippen LogP contribution < -0.4 is 10.1 Å². The number of carbonyl (C=O) groups excluding carboxylic acids is 2. The molecule has 0 aliphatic heterocycles. The highest BCUT2D eigenvalue weighted by molar-refractivity contribution is 6.42.